The van der Waals surface area contributed by atoms with Crippen LogP contribution >= 0.6 is 0 Å². The van der Waals surface area contributed by atoms with E-state index in [9.17, 15) is 0 Å². The molecular formula is C15H12N4O3. The Morgan fingerprint density at radius 1 is 1.32 bits per heavy atom. The van der Waals surface area contributed by atoms with Gasteiger partial charge in [0.15, 0.2) is 0 Å². The lowest BCUT2D eigenvalue weighted by molar-refractivity contribution is 0.248. The number of aliphatic hydroxyl groups is 1. The average Bonchev–Trinajstić information content (AvgIpc) is 3.04. The van der Waals surface area contributed by atoms with Crippen molar-refractivity contribution in [2.75, 3.05) is 12.5 Å². The molecule has 0 saturated carbocycles. The number of nitrogens with one attached hydrogen (secondary N) is 1. The maximum atomic E-state index is 9.03. The molecular weight excluding hydrogens is 284 g/mol. The summed E-state index contributed by atoms with van der Waals surface area (Å²) in [5, 5.41) is 29.9. The van der Waals surface area contributed by atoms with Crippen LogP contribution in [0.3, 0.4) is 0 Å². The highest BCUT2D eigenvalue weighted by Crippen LogP contribution is 2.33. The lowest BCUT2D eigenvalue weighted by Gasteiger charge is -2.08. The largest absolute Gasteiger partial charge is 0.496 e. The summed E-state index contributed by atoms with van der Waals surface area (Å²) in [5.74, 6) is 1.54. The quantitative estimate of drug-likeness (QED) is 0.646. The monoisotopic (exact) mass is 296 g/mol. The van der Waals surface area contributed by atoms with Crippen LogP contribution in [0.15, 0.2) is 39.9 Å². The molecule has 1 heterocycles. The van der Waals surface area contributed by atoms with Crippen molar-refractivity contribution in [2.24, 2.45) is 5.10 Å². The van der Waals surface area contributed by atoms with Crippen LogP contribution < -0.4 is 10.2 Å². The molecule has 110 valence electrons. The van der Waals surface area contributed by atoms with Gasteiger partial charge >= 0.3 is 0 Å². The van der Waals surface area contributed by atoms with Gasteiger partial charge in [0.05, 0.1) is 18.4 Å². The van der Waals surface area contributed by atoms with Crippen molar-refractivity contribution in [1.29, 1.82) is 10.5 Å². The first-order valence-corrected chi connectivity index (χ1v) is 6.23. The number of ether oxygens (including phenoxy) is 1. The number of hydrogen-bond acceptors (Lipinski definition) is 7. The normalized spacial score (nSPS) is 9.45. The minimum Gasteiger partial charge on any atom is -0.496 e. The smallest absolute Gasteiger partial charge is 0.237 e. The van der Waals surface area contributed by atoms with Crippen molar-refractivity contribution in [3.63, 3.8) is 0 Å². The molecule has 0 radical (unpaired) electrons. The predicted molar refractivity (Wildman–Crippen MR) is 78.9 cm³/mol. The van der Waals surface area contributed by atoms with Crippen LogP contribution in [0.1, 0.15) is 5.76 Å². The molecule has 0 unspecified atom stereocenters. The van der Waals surface area contributed by atoms with E-state index in [0.29, 0.717) is 28.5 Å². The number of rotatable bonds is 5. The van der Waals surface area contributed by atoms with Gasteiger partial charge < -0.3 is 14.3 Å². The fourth-order valence-electron chi connectivity index (χ4n) is 1.77. The van der Waals surface area contributed by atoms with Gasteiger partial charge in [-0.25, -0.2) is 0 Å². The summed E-state index contributed by atoms with van der Waals surface area (Å²) in [6, 6.07) is 11.8. The number of methoxy groups -OCH3 is 1. The molecule has 0 spiro atoms. The number of aliphatic hydroxyl groups excluding tert-OH is 1. The molecule has 1 aromatic heterocycles. The molecule has 2 aromatic rings. The van der Waals surface area contributed by atoms with Crippen LogP contribution in [0.2, 0.25) is 0 Å². The van der Waals surface area contributed by atoms with Crippen LogP contribution in [0.5, 0.6) is 5.75 Å². The topological polar surface area (TPSA) is 115 Å². The molecule has 0 fully saturated rings. The van der Waals surface area contributed by atoms with Crippen LogP contribution in [0.4, 0.5) is 5.69 Å². The van der Waals surface area contributed by atoms with Gasteiger partial charge in [-0.2, -0.15) is 15.6 Å². The van der Waals surface area contributed by atoms with Gasteiger partial charge in [-0.3, -0.25) is 5.43 Å². The minimum atomic E-state index is -0.276. The zero-order valence-corrected chi connectivity index (χ0v) is 11.7. The van der Waals surface area contributed by atoms with Crippen molar-refractivity contribution < 1.29 is 14.3 Å². The van der Waals surface area contributed by atoms with Gasteiger partial charge in [0.1, 0.15) is 36.0 Å². The molecule has 0 bridgehead atoms. The van der Waals surface area contributed by atoms with Crippen molar-refractivity contribution in [1.82, 2.24) is 0 Å². The maximum Gasteiger partial charge on any atom is 0.237 e. The highest BCUT2D eigenvalue weighted by molar-refractivity contribution is 6.10. The Balaban J connectivity index is 2.30. The molecule has 0 atom stereocenters. The first-order chi connectivity index (χ1) is 10.7. The van der Waals surface area contributed by atoms with Gasteiger partial charge in [-0.1, -0.05) is 0 Å². The fourth-order valence-corrected chi connectivity index (χ4v) is 1.77. The summed E-state index contributed by atoms with van der Waals surface area (Å²) in [6.07, 6.45) is 0. The van der Waals surface area contributed by atoms with E-state index in [4.69, 9.17) is 24.8 Å². The third-order valence-electron chi connectivity index (χ3n) is 2.79. The highest BCUT2D eigenvalue weighted by Gasteiger charge is 2.11. The Labute approximate surface area is 126 Å². The van der Waals surface area contributed by atoms with Gasteiger partial charge in [0, 0.05) is 6.07 Å². The van der Waals surface area contributed by atoms with Crippen LogP contribution in [0, 0.1) is 22.7 Å². The lowest BCUT2D eigenvalue weighted by Crippen LogP contribution is -1.97. The van der Waals surface area contributed by atoms with Gasteiger partial charge in [0.25, 0.3) is 0 Å². The molecule has 7 nitrogen and oxygen atoms in total. The SMILES string of the molecule is COc1cc(NN=C(C#N)C#N)ccc1-c1ccc(CO)o1. The third kappa shape index (κ3) is 3.23. The van der Waals surface area contributed by atoms with Crippen molar-refractivity contribution in [3.05, 3.63) is 36.1 Å². The molecule has 0 saturated heterocycles. The number of anilines is 1. The Hall–Kier alpha value is -3.29. The fraction of sp³-hybridized carbons (Fsp3) is 0.133. The second kappa shape index (κ2) is 6.93. The van der Waals surface area contributed by atoms with Crippen LogP contribution in [-0.2, 0) is 6.61 Å². The summed E-state index contributed by atoms with van der Waals surface area (Å²) in [4.78, 5) is 0. The number of furan rings is 1. The number of hydrazone groups is 1. The molecule has 0 aliphatic heterocycles. The van der Waals surface area contributed by atoms with E-state index in [2.05, 4.69) is 10.5 Å². The van der Waals surface area contributed by atoms with Gasteiger partial charge in [-0.05, 0) is 24.3 Å². The van der Waals surface area contributed by atoms with E-state index in [0.717, 1.165) is 0 Å². The minimum absolute atomic E-state index is 0.179. The summed E-state index contributed by atoms with van der Waals surface area (Å²) in [5.41, 5.74) is 3.59. The number of hydrogen-bond donors (Lipinski definition) is 2. The van der Waals surface area contributed by atoms with E-state index < -0.39 is 0 Å². The van der Waals surface area contributed by atoms with Crippen LogP contribution in [-0.4, -0.2) is 17.9 Å². The molecule has 7 heteroatoms. The summed E-state index contributed by atoms with van der Waals surface area (Å²) >= 11 is 0. The van der Waals surface area contributed by atoms with E-state index in [1.807, 2.05) is 0 Å². The molecule has 22 heavy (non-hydrogen) atoms. The number of benzene rings is 1. The van der Waals surface area contributed by atoms with E-state index >= 15 is 0 Å². The van der Waals surface area contributed by atoms with E-state index in [-0.39, 0.29) is 12.3 Å². The van der Waals surface area contributed by atoms with E-state index in [1.54, 1.807) is 42.5 Å². The standard InChI is InChI=1S/C15H12N4O3/c1-21-15-6-10(18-19-11(7-16)8-17)2-4-13(15)14-5-3-12(9-20)22-14/h2-6,18,20H,9H2,1H3. The number of nitriles is 2. The summed E-state index contributed by atoms with van der Waals surface area (Å²) in [7, 11) is 1.51. The maximum absolute atomic E-state index is 9.03. The second-order valence-corrected chi connectivity index (χ2v) is 4.13. The molecule has 0 amide bonds. The first-order valence-electron chi connectivity index (χ1n) is 6.23. The zero-order valence-electron chi connectivity index (χ0n) is 11.7. The Kier molecular flexibility index (Phi) is 4.76. The van der Waals surface area contributed by atoms with Gasteiger partial charge in [0.2, 0.25) is 5.71 Å². The average molecular weight is 296 g/mol. The van der Waals surface area contributed by atoms with Crippen molar-refractivity contribution in [2.45, 2.75) is 6.61 Å². The molecule has 2 rings (SSSR count). The molecule has 2 N–H and O–H groups in total. The first kappa shape index (κ1) is 15.1. The second-order valence-electron chi connectivity index (χ2n) is 4.13. The summed E-state index contributed by atoms with van der Waals surface area (Å²) in [6.45, 7) is -0.179. The Morgan fingerprint density at radius 3 is 2.68 bits per heavy atom. The molecule has 0 aliphatic rings. The zero-order chi connectivity index (χ0) is 15.9. The Bertz CT molecular complexity index is 765. The van der Waals surface area contributed by atoms with Gasteiger partial charge in [-0.15, -0.1) is 0 Å². The Morgan fingerprint density at radius 2 is 2.09 bits per heavy atom. The molecule has 1 aromatic carbocycles. The lowest BCUT2D eigenvalue weighted by atomic mass is 10.1. The number of nitrogens with zero attached hydrogens (tertiary/aromatic N) is 3. The van der Waals surface area contributed by atoms with Crippen molar-refractivity contribution >= 4 is 11.4 Å². The third-order valence-corrected chi connectivity index (χ3v) is 2.79. The predicted octanol–water partition coefficient (Wildman–Crippen LogP) is 2.26. The van der Waals surface area contributed by atoms with Crippen LogP contribution in [0.25, 0.3) is 11.3 Å². The van der Waals surface area contributed by atoms with E-state index in [1.165, 1.54) is 7.11 Å². The molecule has 0 aliphatic carbocycles. The highest BCUT2D eigenvalue weighted by atomic mass is 16.5. The van der Waals surface area contributed by atoms with Crippen molar-refractivity contribution in [3.8, 4) is 29.2 Å². The summed E-state index contributed by atoms with van der Waals surface area (Å²) < 4.78 is 10.8.